The molecule has 3 rings (SSSR count). The fourth-order valence-corrected chi connectivity index (χ4v) is 3.37. The van der Waals surface area contributed by atoms with Gasteiger partial charge >= 0.3 is 0 Å². The van der Waals surface area contributed by atoms with E-state index >= 15 is 0 Å². The molecule has 0 saturated heterocycles. The number of anilines is 1. The molecule has 1 heterocycles. The van der Waals surface area contributed by atoms with Gasteiger partial charge in [-0.15, -0.1) is 0 Å². The molecular formula is C18H20BrN2O+. The van der Waals surface area contributed by atoms with Crippen LogP contribution in [-0.4, -0.2) is 18.5 Å². The summed E-state index contributed by atoms with van der Waals surface area (Å²) in [5, 5.41) is 3.01. The van der Waals surface area contributed by atoms with Gasteiger partial charge in [-0.2, -0.15) is 0 Å². The largest absolute Gasteiger partial charge is 0.321 e. The molecular weight excluding hydrogens is 340 g/mol. The Morgan fingerprint density at radius 3 is 2.73 bits per heavy atom. The fourth-order valence-electron chi connectivity index (χ4n) is 2.97. The third-order valence-corrected chi connectivity index (χ3v) is 4.84. The first-order valence-electron chi connectivity index (χ1n) is 7.61. The highest BCUT2D eigenvalue weighted by Crippen LogP contribution is 2.16. The van der Waals surface area contributed by atoms with Crippen molar-refractivity contribution < 1.29 is 9.69 Å². The second kappa shape index (κ2) is 6.63. The number of halogens is 1. The summed E-state index contributed by atoms with van der Waals surface area (Å²) >= 11 is 3.43. The average Bonchev–Trinajstić information content (AvgIpc) is 2.53. The summed E-state index contributed by atoms with van der Waals surface area (Å²) in [4.78, 5) is 13.8. The van der Waals surface area contributed by atoms with Crippen LogP contribution in [0.2, 0.25) is 0 Å². The highest BCUT2D eigenvalue weighted by atomic mass is 79.9. The summed E-state index contributed by atoms with van der Waals surface area (Å²) in [5.74, 6) is 0.0764. The molecule has 2 atom stereocenters. The number of hydrogen-bond donors (Lipinski definition) is 2. The number of nitrogens with one attached hydrogen (secondary N) is 2. The maximum absolute atomic E-state index is 12.5. The second-order valence-corrected chi connectivity index (χ2v) is 6.74. The quantitative estimate of drug-likeness (QED) is 0.866. The van der Waals surface area contributed by atoms with Gasteiger partial charge in [-0.25, -0.2) is 0 Å². The normalized spacial score (nSPS) is 18.4. The molecule has 0 bridgehead atoms. The van der Waals surface area contributed by atoms with E-state index in [1.54, 1.807) is 0 Å². The predicted molar refractivity (Wildman–Crippen MR) is 91.9 cm³/mol. The van der Waals surface area contributed by atoms with Gasteiger partial charge in [-0.05, 0) is 30.7 Å². The Morgan fingerprint density at radius 2 is 1.95 bits per heavy atom. The molecule has 4 heteroatoms. The van der Waals surface area contributed by atoms with Gasteiger partial charge in [0.25, 0.3) is 5.91 Å². The van der Waals surface area contributed by atoms with Gasteiger partial charge in [0.2, 0.25) is 0 Å². The molecule has 0 saturated carbocycles. The SMILES string of the molecule is C[C@H](C(=O)Nc1cccc(Br)c1)[NH+]1CCc2ccccc2C1. The lowest BCUT2D eigenvalue weighted by atomic mass is 9.99. The summed E-state index contributed by atoms with van der Waals surface area (Å²) < 4.78 is 0.970. The zero-order valence-electron chi connectivity index (χ0n) is 12.6. The summed E-state index contributed by atoms with van der Waals surface area (Å²) in [6.07, 6.45) is 1.04. The molecule has 0 fully saturated rings. The van der Waals surface area contributed by atoms with Gasteiger partial charge in [-0.1, -0.05) is 46.3 Å². The summed E-state index contributed by atoms with van der Waals surface area (Å²) in [5.41, 5.74) is 3.62. The van der Waals surface area contributed by atoms with Gasteiger partial charge in [-0.3, -0.25) is 4.79 Å². The molecule has 1 aliphatic heterocycles. The Labute approximate surface area is 139 Å². The third kappa shape index (κ3) is 3.39. The van der Waals surface area contributed by atoms with E-state index in [4.69, 9.17) is 0 Å². The fraction of sp³-hybridized carbons (Fsp3) is 0.278. The number of carbonyl (C=O) groups is 1. The van der Waals surface area contributed by atoms with Crippen molar-refractivity contribution in [3.05, 3.63) is 64.1 Å². The van der Waals surface area contributed by atoms with Crippen molar-refractivity contribution in [3.63, 3.8) is 0 Å². The van der Waals surface area contributed by atoms with Crippen LogP contribution in [0.3, 0.4) is 0 Å². The van der Waals surface area contributed by atoms with Crippen molar-refractivity contribution in [3.8, 4) is 0 Å². The van der Waals surface area contributed by atoms with Crippen LogP contribution in [0.1, 0.15) is 18.1 Å². The highest BCUT2D eigenvalue weighted by molar-refractivity contribution is 9.10. The van der Waals surface area contributed by atoms with E-state index in [1.807, 2.05) is 31.2 Å². The maximum Gasteiger partial charge on any atom is 0.282 e. The van der Waals surface area contributed by atoms with Crippen molar-refractivity contribution >= 4 is 27.5 Å². The molecule has 2 N–H and O–H groups in total. The van der Waals surface area contributed by atoms with Crippen LogP contribution in [0.4, 0.5) is 5.69 Å². The Morgan fingerprint density at radius 1 is 1.18 bits per heavy atom. The number of quaternary nitrogens is 1. The van der Waals surface area contributed by atoms with Crippen LogP contribution in [0.15, 0.2) is 53.0 Å². The molecule has 22 heavy (non-hydrogen) atoms. The number of benzene rings is 2. The van der Waals surface area contributed by atoms with Crippen LogP contribution < -0.4 is 10.2 Å². The van der Waals surface area contributed by atoms with E-state index in [9.17, 15) is 4.79 Å². The van der Waals surface area contributed by atoms with Crippen molar-refractivity contribution in [2.45, 2.75) is 25.9 Å². The van der Waals surface area contributed by atoms with Crippen LogP contribution >= 0.6 is 15.9 Å². The molecule has 3 nitrogen and oxygen atoms in total. The van der Waals surface area contributed by atoms with Crippen molar-refractivity contribution in [1.82, 2.24) is 0 Å². The third-order valence-electron chi connectivity index (χ3n) is 4.35. The van der Waals surface area contributed by atoms with Gasteiger partial charge in [0.15, 0.2) is 6.04 Å². The highest BCUT2D eigenvalue weighted by Gasteiger charge is 2.28. The zero-order valence-corrected chi connectivity index (χ0v) is 14.2. The lowest BCUT2D eigenvalue weighted by Gasteiger charge is -2.30. The molecule has 0 spiro atoms. The van der Waals surface area contributed by atoms with Gasteiger partial charge in [0.1, 0.15) is 6.54 Å². The number of amides is 1. The lowest BCUT2D eigenvalue weighted by Crippen LogP contribution is -3.16. The summed E-state index contributed by atoms with van der Waals surface area (Å²) in [7, 11) is 0. The molecule has 1 amide bonds. The minimum atomic E-state index is -0.0627. The van der Waals surface area contributed by atoms with Crippen LogP contribution in [0.25, 0.3) is 0 Å². The first kappa shape index (κ1) is 15.3. The smallest absolute Gasteiger partial charge is 0.282 e. The Hall–Kier alpha value is -1.65. The molecule has 1 aliphatic rings. The van der Waals surface area contributed by atoms with E-state index in [-0.39, 0.29) is 11.9 Å². The first-order valence-corrected chi connectivity index (χ1v) is 8.40. The van der Waals surface area contributed by atoms with E-state index in [1.165, 1.54) is 16.0 Å². The minimum Gasteiger partial charge on any atom is -0.321 e. The van der Waals surface area contributed by atoms with Crippen molar-refractivity contribution in [2.24, 2.45) is 0 Å². The van der Waals surface area contributed by atoms with E-state index in [0.29, 0.717) is 0 Å². The first-order chi connectivity index (χ1) is 10.6. The molecule has 0 radical (unpaired) electrons. The average molecular weight is 360 g/mol. The van der Waals surface area contributed by atoms with Gasteiger partial charge < -0.3 is 10.2 Å². The Kier molecular flexibility index (Phi) is 4.60. The zero-order chi connectivity index (χ0) is 15.5. The number of rotatable bonds is 3. The number of carbonyl (C=O) groups excluding carboxylic acids is 1. The molecule has 0 aliphatic carbocycles. The second-order valence-electron chi connectivity index (χ2n) is 5.83. The van der Waals surface area contributed by atoms with Crippen molar-refractivity contribution in [1.29, 1.82) is 0 Å². The van der Waals surface area contributed by atoms with Crippen molar-refractivity contribution in [2.75, 3.05) is 11.9 Å². The molecule has 0 aromatic heterocycles. The number of hydrogen-bond acceptors (Lipinski definition) is 1. The van der Waals surface area contributed by atoms with Crippen LogP contribution in [0, 0.1) is 0 Å². The van der Waals surface area contributed by atoms with Gasteiger partial charge in [0, 0.05) is 22.1 Å². The summed E-state index contributed by atoms with van der Waals surface area (Å²) in [6, 6.07) is 16.2. The van der Waals surface area contributed by atoms with E-state index in [2.05, 4.69) is 45.5 Å². The van der Waals surface area contributed by atoms with E-state index < -0.39 is 0 Å². The molecule has 114 valence electrons. The van der Waals surface area contributed by atoms with E-state index in [0.717, 1.165) is 29.7 Å². The minimum absolute atomic E-state index is 0.0627. The maximum atomic E-state index is 12.5. The lowest BCUT2D eigenvalue weighted by molar-refractivity contribution is -0.929. The van der Waals surface area contributed by atoms with Gasteiger partial charge in [0.05, 0.1) is 6.54 Å². The molecule has 2 aromatic rings. The standard InChI is InChI=1S/C18H19BrN2O/c1-13(18(22)20-17-8-4-7-16(19)11-17)21-10-9-14-5-2-3-6-15(14)12-21/h2-8,11,13H,9-10,12H2,1H3,(H,20,22)/p+1/t13-/m1/s1. The molecule has 1 unspecified atom stereocenters. The van der Waals surface area contributed by atoms with Crippen LogP contribution in [0.5, 0.6) is 0 Å². The van der Waals surface area contributed by atoms with Crippen LogP contribution in [-0.2, 0) is 17.8 Å². The predicted octanol–water partition coefficient (Wildman–Crippen LogP) is 2.42. The summed E-state index contributed by atoms with van der Waals surface area (Å²) in [6.45, 7) is 3.93. The molecule has 2 aromatic carbocycles. The Balaban J connectivity index is 1.67. The number of fused-ring (bicyclic) bond motifs is 1. The Bertz CT molecular complexity index is 686. The topological polar surface area (TPSA) is 33.5 Å². The monoisotopic (exact) mass is 359 g/mol.